The number of aliphatic hydroxyl groups excluding tert-OH is 3. The van der Waals surface area contributed by atoms with Crippen molar-refractivity contribution in [3.8, 4) is 5.75 Å². The number of fused-ring (bicyclic) bond motifs is 3. The third-order valence-electron chi connectivity index (χ3n) is 6.77. The second-order valence-electron chi connectivity index (χ2n) is 8.18. The minimum atomic E-state index is -2.79. The minimum Gasteiger partial charge on any atom is -0.508 e. The number of phenolic OH excluding ortho intramolecular Hbond substituents is 1. The van der Waals surface area contributed by atoms with E-state index in [-0.39, 0.29) is 10.6 Å². The number of aliphatic hydroxyl groups is 4. The van der Waals surface area contributed by atoms with Crippen molar-refractivity contribution in [2.75, 3.05) is 0 Å². The lowest BCUT2D eigenvalue weighted by atomic mass is 9.55. The molecule has 3 aliphatic rings. The van der Waals surface area contributed by atoms with E-state index in [1.807, 2.05) is 0 Å². The highest BCUT2D eigenvalue weighted by Gasteiger charge is 2.66. The van der Waals surface area contributed by atoms with Gasteiger partial charge in [-0.25, -0.2) is 0 Å². The molecule has 7 N–H and O–H groups in total. The van der Waals surface area contributed by atoms with Gasteiger partial charge in [-0.3, -0.25) is 14.4 Å². The zero-order valence-corrected chi connectivity index (χ0v) is 16.5. The molecule has 3 aliphatic carbocycles. The van der Waals surface area contributed by atoms with Gasteiger partial charge in [0.2, 0.25) is 5.91 Å². The fourth-order valence-electron chi connectivity index (χ4n) is 5.28. The number of Topliss-reactive ketones (excluding diaryl/α,β-unsaturated/α-hetero) is 2. The van der Waals surface area contributed by atoms with Crippen molar-refractivity contribution < 1.29 is 39.9 Å². The minimum absolute atomic E-state index is 0.105. The molecule has 1 saturated carbocycles. The standard InChI is InChI=1S/C20H20ClNO8/c1-5-6-2-3-8(21)15(25)11(6)16(26)13-10(5)14(24)7-4-9(23)12(19(22)29)17(27)20(7,30)18(13)28/h2-3,5,7,9-10,12,14,23-25,28,30H,4H2,1H3,(H2,22,29)/t5-,7+,9?,10+,12?,14+,20+/m0/s1. The Bertz CT molecular complexity index is 1040. The van der Waals surface area contributed by atoms with Crippen LogP contribution in [0.25, 0.3) is 0 Å². The molecule has 0 heterocycles. The first-order valence-electron chi connectivity index (χ1n) is 9.36. The second kappa shape index (κ2) is 6.52. The van der Waals surface area contributed by atoms with E-state index in [9.17, 15) is 39.9 Å². The average Bonchev–Trinajstić information content (AvgIpc) is 2.67. The van der Waals surface area contributed by atoms with Crippen LogP contribution in [0.5, 0.6) is 5.75 Å². The predicted molar refractivity (Wildman–Crippen MR) is 102 cm³/mol. The molecule has 1 fully saturated rings. The number of amides is 1. The lowest BCUT2D eigenvalue weighted by molar-refractivity contribution is -0.179. The third-order valence-corrected chi connectivity index (χ3v) is 7.08. The zero-order valence-electron chi connectivity index (χ0n) is 15.7. The normalized spacial score (nSPS) is 38.0. The Morgan fingerprint density at radius 3 is 2.47 bits per heavy atom. The molecule has 1 aromatic carbocycles. The summed E-state index contributed by atoms with van der Waals surface area (Å²) in [4.78, 5) is 37.8. The maximum atomic E-state index is 13.2. The van der Waals surface area contributed by atoms with Gasteiger partial charge in [0.05, 0.1) is 22.8 Å². The lowest BCUT2D eigenvalue weighted by Crippen LogP contribution is -2.67. The molecule has 0 saturated heterocycles. The van der Waals surface area contributed by atoms with Gasteiger partial charge in [0, 0.05) is 17.4 Å². The van der Waals surface area contributed by atoms with Crippen molar-refractivity contribution in [2.45, 2.75) is 37.1 Å². The number of carbonyl (C=O) groups is 3. The molecule has 0 aliphatic heterocycles. The fraction of sp³-hybridized carbons (Fsp3) is 0.450. The van der Waals surface area contributed by atoms with Crippen LogP contribution in [0.15, 0.2) is 23.5 Å². The molecule has 0 radical (unpaired) electrons. The SMILES string of the molecule is C[C@H]1c2ccc(Cl)c(O)c2C(=O)C2=C(O)[C@]3(O)C(=O)C(C(N)=O)C(O)C[C@@H]3[C@@H](O)[C@@H]21. The summed E-state index contributed by atoms with van der Waals surface area (Å²) in [5.41, 5.74) is 2.14. The Hall–Kier alpha value is -2.46. The molecule has 160 valence electrons. The van der Waals surface area contributed by atoms with Crippen molar-refractivity contribution in [1.29, 1.82) is 0 Å². The number of nitrogens with two attached hydrogens (primary N) is 1. The van der Waals surface area contributed by atoms with Gasteiger partial charge < -0.3 is 31.3 Å². The number of phenols is 1. The Morgan fingerprint density at radius 1 is 1.23 bits per heavy atom. The molecule has 30 heavy (non-hydrogen) atoms. The highest BCUT2D eigenvalue weighted by Crippen LogP contribution is 2.55. The summed E-state index contributed by atoms with van der Waals surface area (Å²) in [6.45, 7) is 1.65. The number of benzene rings is 1. The molecule has 1 aromatic rings. The molecule has 0 aromatic heterocycles. The Balaban J connectivity index is 1.98. The van der Waals surface area contributed by atoms with Crippen LogP contribution in [0.4, 0.5) is 0 Å². The first-order valence-corrected chi connectivity index (χ1v) is 9.74. The number of aromatic hydroxyl groups is 1. The van der Waals surface area contributed by atoms with Gasteiger partial charge in [0.25, 0.3) is 0 Å². The van der Waals surface area contributed by atoms with Crippen LogP contribution in [0.1, 0.15) is 35.2 Å². The summed E-state index contributed by atoms with van der Waals surface area (Å²) in [5, 5.41) is 53.6. The maximum Gasteiger partial charge on any atom is 0.230 e. The average molecular weight is 438 g/mol. The summed E-state index contributed by atoms with van der Waals surface area (Å²) in [5.74, 6) is -9.74. The van der Waals surface area contributed by atoms with Crippen LogP contribution in [0.3, 0.4) is 0 Å². The molecule has 0 spiro atoms. The summed E-state index contributed by atoms with van der Waals surface area (Å²) in [6.07, 6.45) is -3.47. The lowest BCUT2D eigenvalue weighted by Gasteiger charge is -2.52. The molecule has 2 unspecified atom stereocenters. The van der Waals surface area contributed by atoms with E-state index in [2.05, 4.69) is 0 Å². The van der Waals surface area contributed by atoms with Crippen molar-refractivity contribution in [3.05, 3.63) is 39.6 Å². The highest BCUT2D eigenvalue weighted by atomic mass is 35.5. The quantitative estimate of drug-likeness (QED) is 0.330. The van der Waals surface area contributed by atoms with Crippen LogP contribution < -0.4 is 5.73 Å². The van der Waals surface area contributed by atoms with Gasteiger partial charge >= 0.3 is 0 Å². The molecule has 4 rings (SSSR count). The van der Waals surface area contributed by atoms with Gasteiger partial charge in [-0.1, -0.05) is 24.6 Å². The zero-order chi connectivity index (χ0) is 22.3. The molecule has 7 atom stereocenters. The molecule has 9 nitrogen and oxygen atoms in total. The maximum absolute atomic E-state index is 13.2. The second-order valence-corrected chi connectivity index (χ2v) is 8.58. The molecular formula is C20H20ClNO8. The first-order chi connectivity index (χ1) is 13.9. The Kier molecular flexibility index (Phi) is 4.52. The van der Waals surface area contributed by atoms with E-state index in [1.54, 1.807) is 6.92 Å². The van der Waals surface area contributed by atoms with Gasteiger partial charge in [0.1, 0.15) is 17.4 Å². The molecule has 10 heteroatoms. The number of primary amides is 1. The van der Waals surface area contributed by atoms with Crippen LogP contribution in [-0.4, -0.2) is 60.8 Å². The molecule has 0 bridgehead atoms. The van der Waals surface area contributed by atoms with Crippen molar-refractivity contribution in [3.63, 3.8) is 0 Å². The van der Waals surface area contributed by atoms with Crippen molar-refractivity contribution in [2.24, 2.45) is 23.5 Å². The van der Waals surface area contributed by atoms with E-state index in [1.165, 1.54) is 12.1 Å². The largest absolute Gasteiger partial charge is 0.508 e. The fourth-order valence-corrected chi connectivity index (χ4v) is 5.43. The van der Waals surface area contributed by atoms with Crippen LogP contribution in [-0.2, 0) is 9.59 Å². The highest BCUT2D eigenvalue weighted by molar-refractivity contribution is 6.33. The third kappa shape index (κ3) is 2.37. The summed E-state index contributed by atoms with van der Waals surface area (Å²) in [7, 11) is 0. The van der Waals surface area contributed by atoms with Gasteiger partial charge in [-0.05, 0) is 24.0 Å². The summed E-state index contributed by atoms with van der Waals surface area (Å²) < 4.78 is 0. The first kappa shape index (κ1) is 20.8. The van der Waals surface area contributed by atoms with Gasteiger partial charge in [0.15, 0.2) is 17.2 Å². The van der Waals surface area contributed by atoms with Crippen LogP contribution >= 0.6 is 11.6 Å². The van der Waals surface area contributed by atoms with Gasteiger partial charge in [-0.15, -0.1) is 0 Å². The number of rotatable bonds is 1. The summed E-state index contributed by atoms with van der Waals surface area (Å²) >= 11 is 5.92. The Morgan fingerprint density at radius 2 is 1.87 bits per heavy atom. The predicted octanol–water partition coefficient (Wildman–Crippen LogP) is -0.0693. The number of ketones is 2. The van der Waals surface area contributed by atoms with Crippen LogP contribution in [0.2, 0.25) is 5.02 Å². The number of carbonyl (C=O) groups excluding carboxylic acids is 3. The van der Waals surface area contributed by atoms with Crippen LogP contribution in [0, 0.1) is 17.8 Å². The topological polar surface area (TPSA) is 178 Å². The molecule has 1 amide bonds. The van der Waals surface area contributed by atoms with Crippen molar-refractivity contribution in [1.82, 2.24) is 0 Å². The Labute approximate surface area is 175 Å². The summed E-state index contributed by atoms with van der Waals surface area (Å²) in [6, 6.07) is 2.91. The number of hydrogen-bond donors (Lipinski definition) is 6. The monoisotopic (exact) mass is 437 g/mol. The smallest absolute Gasteiger partial charge is 0.230 e. The van der Waals surface area contributed by atoms with E-state index in [0.717, 1.165) is 0 Å². The molecular weight excluding hydrogens is 418 g/mol. The van der Waals surface area contributed by atoms with E-state index in [4.69, 9.17) is 17.3 Å². The number of halogens is 1. The number of hydrogen-bond acceptors (Lipinski definition) is 8. The van der Waals surface area contributed by atoms with Crippen molar-refractivity contribution >= 4 is 29.1 Å². The van der Waals surface area contributed by atoms with E-state index in [0.29, 0.717) is 5.56 Å². The van der Waals surface area contributed by atoms with E-state index < -0.39 is 82.5 Å². The van der Waals surface area contributed by atoms with Gasteiger partial charge in [-0.2, -0.15) is 0 Å². The van der Waals surface area contributed by atoms with E-state index >= 15 is 0 Å².